The number of hydrogen-bond acceptors (Lipinski definition) is 2. The highest BCUT2D eigenvalue weighted by Gasteiger charge is 2.51. The van der Waals surface area contributed by atoms with Crippen LogP contribution in [0.3, 0.4) is 0 Å². The standard InChI is InChI=1S/C57H44N2O/c1-4-41(29-26-38(2)3)59-53-23-13-9-19-47(53)48-36-43(33-35-54(48)59)58(42-30-27-40(28-31-42)39-16-6-5-7-17-39)44-32-34-46-45-18-8-10-20-49(45)57(52(46)37-44)50-21-11-14-24-55(50)60-56-25-15-12-22-51(56)57/h4-38H,1-3H3/b29-26-,41-4+. The number of allylic oxidation sites excluding steroid dienone is 4. The Bertz CT molecular complexity index is 3120. The molecule has 8 aromatic carbocycles. The summed E-state index contributed by atoms with van der Waals surface area (Å²) < 4.78 is 9.07. The number of fused-ring (bicyclic) bond motifs is 12. The van der Waals surface area contributed by atoms with Crippen molar-refractivity contribution in [3.05, 3.63) is 229 Å². The molecule has 1 aliphatic heterocycles. The van der Waals surface area contributed by atoms with Crippen LogP contribution in [0.4, 0.5) is 17.1 Å². The van der Waals surface area contributed by atoms with Crippen LogP contribution < -0.4 is 9.64 Å². The van der Waals surface area contributed by atoms with Crippen molar-refractivity contribution in [2.45, 2.75) is 26.2 Å². The van der Waals surface area contributed by atoms with Crippen LogP contribution in [0.1, 0.15) is 43.0 Å². The van der Waals surface area contributed by atoms with E-state index in [4.69, 9.17) is 4.74 Å². The predicted octanol–water partition coefficient (Wildman–Crippen LogP) is 15.5. The van der Waals surface area contributed by atoms with Gasteiger partial charge in [-0.05, 0) is 113 Å². The fraction of sp³-hybridized carbons (Fsp3) is 0.0877. The summed E-state index contributed by atoms with van der Waals surface area (Å²) in [7, 11) is 0. The summed E-state index contributed by atoms with van der Waals surface area (Å²) in [6.07, 6.45) is 6.75. The van der Waals surface area contributed by atoms with Gasteiger partial charge in [0.05, 0.1) is 16.4 Å². The normalized spacial score (nSPS) is 13.7. The fourth-order valence-corrected chi connectivity index (χ4v) is 9.83. The van der Waals surface area contributed by atoms with E-state index in [2.05, 4.69) is 237 Å². The molecule has 0 unspecified atom stereocenters. The summed E-state index contributed by atoms with van der Waals surface area (Å²) in [6, 6.07) is 68.6. The van der Waals surface area contributed by atoms with Crippen LogP contribution in [0, 0.1) is 5.92 Å². The van der Waals surface area contributed by atoms with Crippen molar-refractivity contribution < 1.29 is 4.74 Å². The van der Waals surface area contributed by atoms with E-state index < -0.39 is 5.41 Å². The zero-order valence-electron chi connectivity index (χ0n) is 34.0. The van der Waals surface area contributed by atoms with E-state index in [1.54, 1.807) is 0 Å². The topological polar surface area (TPSA) is 17.4 Å². The Kier molecular flexibility index (Phi) is 8.45. The highest BCUT2D eigenvalue weighted by atomic mass is 16.5. The summed E-state index contributed by atoms with van der Waals surface area (Å²) in [5.41, 5.74) is 16.0. The minimum absolute atomic E-state index is 0.448. The van der Waals surface area contributed by atoms with Crippen molar-refractivity contribution in [2.24, 2.45) is 5.92 Å². The molecular formula is C57H44N2O. The van der Waals surface area contributed by atoms with Crippen molar-refractivity contribution in [2.75, 3.05) is 4.90 Å². The molecule has 0 N–H and O–H groups in total. The largest absolute Gasteiger partial charge is 0.457 e. The first-order valence-corrected chi connectivity index (χ1v) is 21.0. The van der Waals surface area contributed by atoms with Crippen LogP contribution in [0.15, 0.2) is 206 Å². The van der Waals surface area contributed by atoms with Gasteiger partial charge < -0.3 is 14.2 Å². The summed E-state index contributed by atoms with van der Waals surface area (Å²) in [5.74, 6) is 2.23. The van der Waals surface area contributed by atoms with Crippen LogP contribution in [0.2, 0.25) is 0 Å². The number of rotatable bonds is 7. The number of aromatic nitrogens is 1. The number of anilines is 3. The van der Waals surface area contributed by atoms with Gasteiger partial charge in [0.1, 0.15) is 11.5 Å². The molecule has 0 saturated carbocycles. The van der Waals surface area contributed by atoms with Crippen LogP contribution in [-0.2, 0) is 5.41 Å². The first-order valence-electron chi connectivity index (χ1n) is 21.0. The molecule has 60 heavy (non-hydrogen) atoms. The summed E-state index contributed by atoms with van der Waals surface area (Å²) in [6.45, 7) is 6.58. The highest BCUT2D eigenvalue weighted by Crippen LogP contribution is 2.62. The third-order valence-electron chi connectivity index (χ3n) is 12.4. The first-order chi connectivity index (χ1) is 29.5. The Morgan fingerprint density at radius 1 is 0.517 bits per heavy atom. The average molecular weight is 773 g/mol. The van der Waals surface area contributed by atoms with Crippen molar-refractivity contribution in [1.29, 1.82) is 0 Å². The summed E-state index contributed by atoms with van der Waals surface area (Å²) in [5, 5.41) is 2.44. The Morgan fingerprint density at radius 2 is 1.08 bits per heavy atom. The maximum Gasteiger partial charge on any atom is 0.132 e. The molecule has 1 aromatic heterocycles. The Balaban J connectivity index is 1.16. The Morgan fingerprint density at radius 3 is 1.82 bits per heavy atom. The molecule has 3 nitrogen and oxygen atoms in total. The van der Waals surface area contributed by atoms with E-state index >= 15 is 0 Å². The third kappa shape index (κ3) is 5.43. The predicted molar refractivity (Wildman–Crippen MR) is 251 cm³/mol. The lowest BCUT2D eigenvalue weighted by atomic mass is 9.66. The van der Waals surface area contributed by atoms with Gasteiger partial charge in [-0.25, -0.2) is 0 Å². The van der Waals surface area contributed by atoms with E-state index in [9.17, 15) is 0 Å². The summed E-state index contributed by atoms with van der Waals surface area (Å²) >= 11 is 0. The van der Waals surface area contributed by atoms with Crippen molar-refractivity contribution in [1.82, 2.24) is 4.57 Å². The number of hydrogen-bond donors (Lipinski definition) is 0. The van der Waals surface area contributed by atoms with Gasteiger partial charge >= 0.3 is 0 Å². The van der Waals surface area contributed by atoms with E-state index in [1.165, 1.54) is 55.2 Å². The molecule has 3 heteroatoms. The molecule has 11 rings (SSSR count). The van der Waals surface area contributed by atoms with Crippen molar-refractivity contribution in [3.63, 3.8) is 0 Å². The van der Waals surface area contributed by atoms with Gasteiger partial charge in [0.2, 0.25) is 0 Å². The molecule has 0 bridgehead atoms. The lowest BCUT2D eigenvalue weighted by Gasteiger charge is -2.39. The second-order valence-corrected chi connectivity index (χ2v) is 16.2. The monoisotopic (exact) mass is 772 g/mol. The minimum atomic E-state index is -0.569. The van der Waals surface area contributed by atoms with E-state index in [-0.39, 0.29) is 0 Å². The fourth-order valence-electron chi connectivity index (χ4n) is 9.83. The number of para-hydroxylation sites is 3. The molecular weight excluding hydrogens is 729 g/mol. The van der Waals surface area contributed by atoms with Crippen molar-refractivity contribution >= 4 is 44.6 Å². The smallest absolute Gasteiger partial charge is 0.132 e. The maximum absolute atomic E-state index is 6.67. The molecule has 2 aliphatic rings. The van der Waals surface area contributed by atoms with Gasteiger partial charge in [0.25, 0.3) is 0 Å². The minimum Gasteiger partial charge on any atom is -0.457 e. The quantitative estimate of drug-likeness (QED) is 0.150. The third-order valence-corrected chi connectivity index (χ3v) is 12.4. The lowest BCUT2D eigenvalue weighted by Crippen LogP contribution is -2.32. The van der Waals surface area contributed by atoms with Gasteiger partial charge in [-0.1, -0.05) is 153 Å². The van der Waals surface area contributed by atoms with Gasteiger partial charge in [0, 0.05) is 44.7 Å². The second-order valence-electron chi connectivity index (χ2n) is 16.2. The zero-order valence-corrected chi connectivity index (χ0v) is 34.0. The lowest BCUT2D eigenvalue weighted by molar-refractivity contribution is 0.436. The van der Waals surface area contributed by atoms with Crippen LogP contribution in [-0.4, -0.2) is 4.57 Å². The molecule has 0 saturated heterocycles. The molecule has 2 heterocycles. The van der Waals surface area contributed by atoms with Crippen molar-refractivity contribution in [3.8, 4) is 33.8 Å². The van der Waals surface area contributed by atoms with Gasteiger partial charge in [-0.3, -0.25) is 0 Å². The Labute approximate surface area is 351 Å². The molecule has 288 valence electrons. The zero-order chi connectivity index (χ0) is 40.4. The molecule has 9 aromatic rings. The van der Waals surface area contributed by atoms with Gasteiger partial charge in [-0.2, -0.15) is 0 Å². The van der Waals surface area contributed by atoms with Crippen LogP contribution in [0.25, 0.3) is 49.8 Å². The number of nitrogens with zero attached hydrogens (tertiary/aromatic N) is 2. The molecule has 0 amide bonds. The molecule has 0 radical (unpaired) electrons. The Hall–Kier alpha value is -7.36. The van der Waals surface area contributed by atoms with Crippen LogP contribution in [0.5, 0.6) is 11.5 Å². The number of benzene rings is 8. The highest BCUT2D eigenvalue weighted by molar-refractivity contribution is 6.12. The number of ether oxygens (including phenoxy) is 1. The first kappa shape index (κ1) is 35.8. The SMILES string of the molecule is C/C=C(\C=C/C(C)C)n1c2ccccc2c2cc(N(c3ccc(-c4ccccc4)cc3)c3ccc4c(c3)C3(c5ccccc5Oc5ccccc53)c3ccccc3-4)ccc21. The van der Waals surface area contributed by atoms with Gasteiger partial charge in [-0.15, -0.1) is 0 Å². The maximum atomic E-state index is 6.67. The molecule has 1 aliphatic carbocycles. The molecule has 1 spiro atoms. The van der Waals surface area contributed by atoms with Gasteiger partial charge in [0.15, 0.2) is 0 Å². The van der Waals surface area contributed by atoms with Crippen LogP contribution >= 0.6 is 0 Å². The molecule has 0 atom stereocenters. The second kappa shape index (κ2) is 14.2. The van der Waals surface area contributed by atoms with E-state index in [1.807, 2.05) is 0 Å². The van der Waals surface area contributed by atoms with E-state index in [0.29, 0.717) is 5.92 Å². The van der Waals surface area contributed by atoms with E-state index in [0.717, 1.165) is 45.4 Å². The average Bonchev–Trinajstić information content (AvgIpc) is 3.77. The molecule has 0 fully saturated rings. The summed E-state index contributed by atoms with van der Waals surface area (Å²) in [4.78, 5) is 2.43.